The average molecular weight is 226 g/mol. The summed E-state index contributed by atoms with van der Waals surface area (Å²) >= 11 is 3.40. The third-order valence-corrected chi connectivity index (χ3v) is 2.86. The lowest BCUT2D eigenvalue weighted by Crippen LogP contribution is -1.92. The zero-order valence-electron chi connectivity index (χ0n) is 6.67. The Morgan fingerprint density at radius 2 is 2.33 bits per heavy atom. The molecule has 0 amide bonds. The topological polar surface area (TPSA) is 30.0 Å². The van der Waals surface area contributed by atoms with Crippen LogP contribution < -0.4 is 0 Å². The van der Waals surface area contributed by atoms with Crippen LogP contribution >= 0.6 is 15.9 Å². The molecule has 1 aromatic rings. The van der Waals surface area contributed by atoms with E-state index in [-0.39, 0.29) is 5.78 Å². The van der Waals surface area contributed by atoms with E-state index >= 15 is 0 Å². The Hall–Kier alpha value is -0.700. The Balaban J connectivity index is 2.67. The molecule has 0 saturated heterocycles. The molecule has 0 radical (unpaired) electrons. The number of Topliss-reactive ketones (excluding diaryl/α,β-unsaturated/α-hetero) is 1. The van der Waals surface area contributed by atoms with Crippen LogP contribution in [0.15, 0.2) is 16.9 Å². The van der Waals surface area contributed by atoms with Gasteiger partial charge >= 0.3 is 0 Å². The zero-order valence-corrected chi connectivity index (χ0v) is 8.26. The summed E-state index contributed by atoms with van der Waals surface area (Å²) in [6, 6.07) is 0. The quantitative estimate of drug-likeness (QED) is 0.680. The smallest absolute Gasteiger partial charge is 0.165 e. The van der Waals surface area contributed by atoms with Gasteiger partial charge in [0, 0.05) is 28.9 Å². The zero-order chi connectivity index (χ0) is 8.72. The van der Waals surface area contributed by atoms with Gasteiger partial charge in [0.05, 0.1) is 0 Å². The molecule has 1 aliphatic carbocycles. The first-order chi connectivity index (χ1) is 5.70. The molecular formula is C9H8BrNO. The van der Waals surface area contributed by atoms with E-state index < -0.39 is 0 Å². The normalized spacial score (nSPS) is 21.2. The van der Waals surface area contributed by atoms with E-state index in [1.807, 2.05) is 0 Å². The molecule has 0 spiro atoms. The maximum Gasteiger partial charge on any atom is 0.165 e. The third-order valence-electron chi connectivity index (χ3n) is 2.22. The molecule has 0 bridgehead atoms. The second-order valence-electron chi connectivity index (χ2n) is 3.11. The van der Waals surface area contributed by atoms with Crippen LogP contribution in [0.5, 0.6) is 0 Å². The van der Waals surface area contributed by atoms with Crippen LogP contribution in [0.1, 0.15) is 35.2 Å². The van der Waals surface area contributed by atoms with E-state index in [0.717, 1.165) is 15.6 Å². The molecule has 2 rings (SSSR count). The third kappa shape index (κ3) is 1.00. The molecule has 2 nitrogen and oxygen atoms in total. The molecule has 1 atom stereocenters. The maximum absolute atomic E-state index is 11.4. The minimum atomic E-state index is 0.214. The predicted octanol–water partition coefficient (Wildman–Crippen LogP) is 2.53. The van der Waals surface area contributed by atoms with E-state index in [9.17, 15) is 4.79 Å². The van der Waals surface area contributed by atoms with Gasteiger partial charge in [-0.3, -0.25) is 9.78 Å². The Kier molecular flexibility index (Phi) is 1.76. The first kappa shape index (κ1) is 7.92. The molecule has 1 aliphatic rings. The Labute approximate surface area is 79.1 Å². The summed E-state index contributed by atoms with van der Waals surface area (Å²) in [4.78, 5) is 15.3. The van der Waals surface area contributed by atoms with Gasteiger partial charge in [-0.15, -0.1) is 0 Å². The van der Waals surface area contributed by atoms with Crippen molar-refractivity contribution in [3.8, 4) is 0 Å². The van der Waals surface area contributed by atoms with Crippen molar-refractivity contribution in [2.75, 3.05) is 0 Å². The second-order valence-corrected chi connectivity index (χ2v) is 3.97. The van der Waals surface area contributed by atoms with Crippen molar-refractivity contribution in [1.29, 1.82) is 0 Å². The van der Waals surface area contributed by atoms with Crippen LogP contribution in [-0.2, 0) is 0 Å². The monoisotopic (exact) mass is 225 g/mol. The average Bonchev–Trinajstić information content (AvgIpc) is 2.29. The van der Waals surface area contributed by atoms with Crippen molar-refractivity contribution in [3.05, 3.63) is 28.0 Å². The van der Waals surface area contributed by atoms with Crippen LogP contribution in [0.25, 0.3) is 0 Å². The number of aromatic nitrogens is 1. The number of halogens is 1. The molecular weight excluding hydrogens is 218 g/mol. The van der Waals surface area contributed by atoms with Gasteiger partial charge in [-0.2, -0.15) is 0 Å². The summed E-state index contributed by atoms with van der Waals surface area (Å²) in [5, 5.41) is 0. The summed E-state index contributed by atoms with van der Waals surface area (Å²) in [7, 11) is 0. The molecule has 0 aromatic carbocycles. The lowest BCUT2D eigenvalue weighted by atomic mass is 10.1. The minimum absolute atomic E-state index is 0.214. The predicted molar refractivity (Wildman–Crippen MR) is 49.3 cm³/mol. The molecule has 0 aliphatic heterocycles. The van der Waals surface area contributed by atoms with Crippen LogP contribution in [0.3, 0.4) is 0 Å². The molecule has 1 unspecified atom stereocenters. The molecule has 0 N–H and O–H groups in total. The summed E-state index contributed by atoms with van der Waals surface area (Å²) < 4.78 is 0.957. The molecule has 1 heterocycles. The van der Waals surface area contributed by atoms with Crippen LogP contribution in [0.2, 0.25) is 0 Å². The molecule has 3 heteroatoms. The van der Waals surface area contributed by atoms with Gasteiger partial charge in [0.25, 0.3) is 0 Å². The van der Waals surface area contributed by atoms with E-state index in [0.29, 0.717) is 12.3 Å². The number of ketones is 1. The van der Waals surface area contributed by atoms with Crippen molar-refractivity contribution in [2.24, 2.45) is 0 Å². The standard InChI is InChI=1S/C9H8BrNO/c1-5-2-8(12)6-3-11-4-7(10)9(5)6/h3-5H,2H2,1H3. The molecule has 0 saturated carbocycles. The summed E-state index contributed by atoms with van der Waals surface area (Å²) in [5.41, 5.74) is 1.91. The van der Waals surface area contributed by atoms with Gasteiger partial charge in [0.2, 0.25) is 0 Å². The number of rotatable bonds is 0. The molecule has 62 valence electrons. The van der Waals surface area contributed by atoms with Gasteiger partial charge in [-0.1, -0.05) is 6.92 Å². The van der Waals surface area contributed by atoms with Gasteiger partial charge in [0.15, 0.2) is 5.78 Å². The number of carbonyl (C=O) groups is 1. The van der Waals surface area contributed by atoms with Gasteiger partial charge in [-0.05, 0) is 27.4 Å². The number of hydrogen-bond acceptors (Lipinski definition) is 2. The van der Waals surface area contributed by atoms with Crippen molar-refractivity contribution in [1.82, 2.24) is 4.98 Å². The highest BCUT2D eigenvalue weighted by molar-refractivity contribution is 9.10. The van der Waals surface area contributed by atoms with Crippen molar-refractivity contribution < 1.29 is 4.79 Å². The number of hydrogen-bond donors (Lipinski definition) is 0. The Morgan fingerprint density at radius 1 is 1.58 bits per heavy atom. The second kappa shape index (κ2) is 2.66. The van der Waals surface area contributed by atoms with E-state index in [2.05, 4.69) is 27.8 Å². The number of fused-ring (bicyclic) bond motifs is 1. The lowest BCUT2D eigenvalue weighted by Gasteiger charge is -2.03. The Bertz CT molecular complexity index is 348. The van der Waals surface area contributed by atoms with E-state index in [1.165, 1.54) is 0 Å². The van der Waals surface area contributed by atoms with Crippen LogP contribution in [-0.4, -0.2) is 10.8 Å². The van der Waals surface area contributed by atoms with Gasteiger partial charge < -0.3 is 0 Å². The molecule has 12 heavy (non-hydrogen) atoms. The molecule has 1 aromatic heterocycles. The van der Waals surface area contributed by atoms with Gasteiger partial charge in [0.1, 0.15) is 0 Å². The summed E-state index contributed by atoms with van der Waals surface area (Å²) in [6.07, 6.45) is 4.03. The first-order valence-electron chi connectivity index (χ1n) is 3.86. The fourth-order valence-electron chi connectivity index (χ4n) is 1.66. The minimum Gasteiger partial charge on any atom is -0.294 e. The first-order valence-corrected chi connectivity index (χ1v) is 4.66. The highest BCUT2D eigenvalue weighted by atomic mass is 79.9. The number of nitrogens with zero attached hydrogens (tertiary/aromatic N) is 1. The highest BCUT2D eigenvalue weighted by Gasteiger charge is 2.27. The van der Waals surface area contributed by atoms with Gasteiger partial charge in [-0.25, -0.2) is 0 Å². The highest BCUT2D eigenvalue weighted by Crippen LogP contribution is 2.36. The number of carbonyl (C=O) groups excluding carboxylic acids is 1. The SMILES string of the molecule is CC1CC(=O)c2cncc(Br)c21. The Morgan fingerprint density at radius 3 is 3.00 bits per heavy atom. The fraction of sp³-hybridized carbons (Fsp3) is 0.333. The van der Waals surface area contributed by atoms with E-state index in [4.69, 9.17) is 0 Å². The fourth-order valence-corrected chi connectivity index (χ4v) is 2.38. The lowest BCUT2D eigenvalue weighted by molar-refractivity contribution is 0.0990. The van der Waals surface area contributed by atoms with Crippen molar-refractivity contribution in [2.45, 2.75) is 19.3 Å². The summed E-state index contributed by atoms with van der Waals surface area (Å²) in [5.74, 6) is 0.552. The largest absolute Gasteiger partial charge is 0.294 e. The van der Waals surface area contributed by atoms with Crippen LogP contribution in [0.4, 0.5) is 0 Å². The molecule has 0 fully saturated rings. The van der Waals surface area contributed by atoms with Crippen molar-refractivity contribution >= 4 is 21.7 Å². The number of pyridine rings is 1. The van der Waals surface area contributed by atoms with Crippen molar-refractivity contribution in [3.63, 3.8) is 0 Å². The van der Waals surface area contributed by atoms with E-state index in [1.54, 1.807) is 12.4 Å². The summed E-state index contributed by atoms with van der Waals surface area (Å²) in [6.45, 7) is 2.06. The maximum atomic E-state index is 11.4. The van der Waals surface area contributed by atoms with Crippen LogP contribution in [0, 0.1) is 0 Å².